The van der Waals surface area contributed by atoms with Crippen molar-refractivity contribution in [1.82, 2.24) is 4.98 Å². The van der Waals surface area contributed by atoms with Crippen molar-refractivity contribution in [2.24, 2.45) is 0 Å². The molecule has 0 saturated carbocycles. The smallest absolute Gasteiger partial charge is 0.130 e. The summed E-state index contributed by atoms with van der Waals surface area (Å²) in [5, 5.41) is 9.16. The van der Waals surface area contributed by atoms with Crippen molar-refractivity contribution in [3.05, 3.63) is 42.2 Å². The predicted molar refractivity (Wildman–Crippen MR) is 68.7 cm³/mol. The van der Waals surface area contributed by atoms with Gasteiger partial charge in [0.25, 0.3) is 0 Å². The Kier molecular flexibility index (Phi) is 3.79. The van der Waals surface area contributed by atoms with E-state index in [4.69, 9.17) is 14.6 Å². The Bertz CT molecular complexity index is 518. The van der Waals surface area contributed by atoms with Gasteiger partial charge in [-0.05, 0) is 23.8 Å². The molecule has 0 amide bonds. The van der Waals surface area contributed by atoms with E-state index in [1.54, 1.807) is 26.6 Å². The molecule has 1 heterocycles. The van der Waals surface area contributed by atoms with E-state index in [9.17, 15) is 0 Å². The highest BCUT2D eigenvalue weighted by atomic mass is 16.5. The molecule has 94 valence electrons. The summed E-state index contributed by atoms with van der Waals surface area (Å²) < 4.78 is 10.7. The fourth-order valence-corrected chi connectivity index (χ4v) is 1.85. The number of aliphatic hydroxyl groups is 1. The molecule has 0 aliphatic rings. The molecule has 0 unspecified atom stereocenters. The molecule has 0 fully saturated rings. The van der Waals surface area contributed by atoms with Gasteiger partial charge in [-0.3, -0.25) is 4.98 Å². The Labute approximate surface area is 106 Å². The van der Waals surface area contributed by atoms with E-state index in [0.29, 0.717) is 11.5 Å². The minimum Gasteiger partial charge on any atom is -0.496 e. The average Bonchev–Trinajstić information content (AvgIpc) is 2.46. The second-order valence-corrected chi connectivity index (χ2v) is 3.78. The third-order valence-electron chi connectivity index (χ3n) is 2.69. The number of rotatable bonds is 4. The number of benzene rings is 1. The minimum atomic E-state index is -0.0433. The fraction of sp³-hybridized carbons (Fsp3) is 0.214. The van der Waals surface area contributed by atoms with Crippen LogP contribution in [-0.4, -0.2) is 24.3 Å². The van der Waals surface area contributed by atoms with Crippen LogP contribution in [-0.2, 0) is 6.61 Å². The van der Waals surface area contributed by atoms with Crippen LogP contribution in [0.4, 0.5) is 0 Å². The number of ether oxygens (including phenoxy) is 2. The zero-order valence-electron chi connectivity index (χ0n) is 10.4. The van der Waals surface area contributed by atoms with Gasteiger partial charge >= 0.3 is 0 Å². The first-order valence-electron chi connectivity index (χ1n) is 5.56. The normalized spacial score (nSPS) is 10.2. The van der Waals surface area contributed by atoms with Gasteiger partial charge in [-0.15, -0.1) is 0 Å². The fourth-order valence-electron chi connectivity index (χ4n) is 1.85. The average molecular weight is 245 g/mol. The van der Waals surface area contributed by atoms with Crippen molar-refractivity contribution >= 4 is 0 Å². The molecule has 1 aromatic carbocycles. The molecule has 1 aromatic heterocycles. The molecular formula is C14H15NO3. The van der Waals surface area contributed by atoms with Crippen molar-refractivity contribution in [3.63, 3.8) is 0 Å². The largest absolute Gasteiger partial charge is 0.496 e. The molecule has 1 N–H and O–H groups in total. The number of methoxy groups -OCH3 is 2. The lowest BCUT2D eigenvalue weighted by molar-refractivity contribution is 0.281. The van der Waals surface area contributed by atoms with E-state index >= 15 is 0 Å². The summed E-state index contributed by atoms with van der Waals surface area (Å²) in [4.78, 5) is 4.11. The van der Waals surface area contributed by atoms with E-state index in [0.717, 1.165) is 16.7 Å². The number of hydrogen-bond donors (Lipinski definition) is 1. The van der Waals surface area contributed by atoms with Gasteiger partial charge in [-0.2, -0.15) is 0 Å². The van der Waals surface area contributed by atoms with Crippen molar-refractivity contribution in [2.45, 2.75) is 6.61 Å². The van der Waals surface area contributed by atoms with Crippen LogP contribution in [0.3, 0.4) is 0 Å². The lowest BCUT2D eigenvalue weighted by Gasteiger charge is -2.13. The van der Waals surface area contributed by atoms with E-state index in [2.05, 4.69) is 4.98 Å². The van der Waals surface area contributed by atoms with E-state index in [-0.39, 0.29) is 6.61 Å². The third kappa shape index (κ3) is 2.28. The van der Waals surface area contributed by atoms with Gasteiger partial charge < -0.3 is 14.6 Å². The van der Waals surface area contributed by atoms with E-state index in [1.165, 1.54) is 0 Å². The van der Waals surface area contributed by atoms with Crippen LogP contribution in [0, 0.1) is 0 Å². The Morgan fingerprint density at radius 1 is 1.11 bits per heavy atom. The Morgan fingerprint density at radius 2 is 1.78 bits per heavy atom. The van der Waals surface area contributed by atoms with Gasteiger partial charge in [-0.25, -0.2) is 0 Å². The zero-order chi connectivity index (χ0) is 13.0. The SMILES string of the molecule is COc1cccc(OC)c1-c1cncc(CO)c1. The van der Waals surface area contributed by atoms with E-state index in [1.807, 2.05) is 24.3 Å². The van der Waals surface area contributed by atoms with Crippen molar-refractivity contribution in [1.29, 1.82) is 0 Å². The van der Waals surface area contributed by atoms with Crippen LogP contribution in [0.15, 0.2) is 36.7 Å². The van der Waals surface area contributed by atoms with Crippen LogP contribution in [0.2, 0.25) is 0 Å². The summed E-state index contributed by atoms with van der Waals surface area (Å²) in [6.07, 6.45) is 3.35. The highest BCUT2D eigenvalue weighted by molar-refractivity contribution is 5.76. The maximum Gasteiger partial charge on any atom is 0.130 e. The summed E-state index contributed by atoms with van der Waals surface area (Å²) in [6.45, 7) is -0.0433. The Hall–Kier alpha value is -2.07. The third-order valence-corrected chi connectivity index (χ3v) is 2.69. The van der Waals surface area contributed by atoms with Gasteiger partial charge in [0.15, 0.2) is 0 Å². The summed E-state index contributed by atoms with van der Waals surface area (Å²) >= 11 is 0. The molecule has 18 heavy (non-hydrogen) atoms. The maximum atomic E-state index is 9.16. The summed E-state index contributed by atoms with van der Waals surface area (Å²) in [5.74, 6) is 1.43. The molecule has 4 nitrogen and oxygen atoms in total. The van der Waals surface area contributed by atoms with Gasteiger partial charge in [0.1, 0.15) is 11.5 Å². The molecule has 0 saturated heterocycles. The van der Waals surface area contributed by atoms with Gasteiger partial charge in [0.2, 0.25) is 0 Å². The molecule has 2 aromatic rings. The Balaban J connectivity index is 2.60. The molecular weight excluding hydrogens is 230 g/mol. The predicted octanol–water partition coefficient (Wildman–Crippen LogP) is 2.26. The van der Waals surface area contributed by atoms with Crippen LogP contribution in [0.5, 0.6) is 11.5 Å². The second kappa shape index (κ2) is 5.51. The van der Waals surface area contributed by atoms with Crippen LogP contribution >= 0.6 is 0 Å². The summed E-state index contributed by atoms with van der Waals surface area (Å²) in [7, 11) is 3.23. The van der Waals surface area contributed by atoms with Crippen molar-refractivity contribution < 1.29 is 14.6 Å². The molecule has 0 aliphatic carbocycles. The molecule has 0 aliphatic heterocycles. The lowest BCUT2D eigenvalue weighted by atomic mass is 10.0. The van der Waals surface area contributed by atoms with Gasteiger partial charge in [-0.1, -0.05) is 6.07 Å². The van der Waals surface area contributed by atoms with Crippen LogP contribution in [0.1, 0.15) is 5.56 Å². The monoisotopic (exact) mass is 245 g/mol. The van der Waals surface area contributed by atoms with Crippen molar-refractivity contribution in [3.8, 4) is 22.6 Å². The van der Waals surface area contributed by atoms with Crippen LogP contribution in [0.25, 0.3) is 11.1 Å². The standard InChI is InChI=1S/C14H15NO3/c1-17-12-4-3-5-13(18-2)14(12)11-6-10(9-16)7-15-8-11/h3-8,16H,9H2,1-2H3. The molecule has 4 heteroatoms. The number of pyridine rings is 1. The van der Waals surface area contributed by atoms with Gasteiger partial charge in [0, 0.05) is 18.0 Å². The Morgan fingerprint density at radius 3 is 2.33 bits per heavy atom. The summed E-state index contributed by atoms with van der Waals surface area (Å²) in [5.41, 5.74) is 2.45. The molecule has 0 atom stereocenters. The molecule has 0 bridgehead atoms. The number of nitrogens with zero attached hydrogens (tertiary/aromatic N) is 1. The van der Waals surface area contributed by atoms with Gasteiger partial charge in [0.05, 0.1) is 26.4 Å². The first kappa shape index (κ1) is 12.4. The molecule has 0 spiro atoms. The zero-order valence-corrected chi connectivity index (χ0v) is 10.4. The number of hydrogen-bond acceptors (Lipinski definition) is 4. The highest BCUT2D eigenvalue weighted by Gasteiger charge is 2.12. The minimum absolute atomic E-state index is 0.0433. The van der Waals surface area contributed by atoms with Crippen molar-refractivity contribution in [2.75, 3.05) is 14.2 Å². The summed E-state index contributed by atoms with van der Waals surface area (Å²) in [6, 6.07) is 7.46. The van der Waals surface area contributed by atoms with E-state index < -0.39 is 0 Å². The number of aromatic nitrogens is 1. The second-order valence-electron chi connectivity index (χ2n) is 3.78. The highest BCUT2D eigenvalue weighted by Crippen LogP contribution is 2.37. The van der Waals surface area contributed by atoms with Crippen LogP contribution < -0.4 is 9.47 Å². The quantitative estimate of drug-likeness (QED) is 0.897. The lowest BCUT2D eigenvalue weighted by Crippen LogP contribution is -1.94. The molecule has 2 rings (SSSR count). The first-order chi connectivity index (χ1) is 8.80. The number of aliphatic hydroxyl groups excluding tert-OH is 1. The maximum absolute atomic E-state index is 9.16. The first-order valence-corrected chi connectivity index (χ1v) is 5.56. The topological polar surface area (TPSA) is 51.6 Å². The molecule has 0 radical (unpaired) electrons.